The molecule has 0 aliphatic heterocycles. The molecule has 0 bridgehead atoms. The molecule has 0 radical (unpaired) electrons. The van der Waals surface area contributed by atoms with Gasteiger partial charge in [0.25, 0.3) is 0 Å². The number of rotatable bonds is 0. The molecule has 40 valence electrons. The Bertz CT molecular complexity index is 90.7. The van der Waals surface area contributed by atoms with E-state index >= 15 is 0 Å². The topological polar surface area (TPSA) is 77.4 Å². The molecule has 0 fully saturated rings. The van der Waals surface area contributed by atoms with Crippen LogP contribution in [0.15, 0.2) is 0 Å². The highest BCUT2D eigenvalue weighted by Crippen LogP contribution is 1.58. The summed E-state index contributed by atoms with van der Waals surface area (Å²) >= 11 is 0. The minimum atomic E-state index is -4.92. The summed E-state index contributed by atoms with van der Waals surface area (Å²) in [5.41, 5.74) is 0. The lowest BCUT2D eigenvalue weighted by Crippen LogP contribution is -1.90. The van der Waals surface area contributed by atoms with Gasteiger partial charge in [-0.1, -0.05) is 0 Å². The van der Waals surface area contributed by atoms with Crippen LogP contribution in [0.4, 0.5) is 0 Å². The first-order valence-corrected chi connectivity index (χ1v) is 2.05. The zero-order chi connectivity index (χ0) is 4.50. The van der Waals surface area contributed by atoms with Gasteiger partial charge in [-0.2, -0.15) is 0 Å². The lowest BCUT2D eigenvalue weighted by molar-refractivity contribution is -0.00000809. The number of hydrogen-bond donors (Lipinski definition) is 1. The third-order valence-corrected chi connectivity index (χ3v) is 0. The summed E-state index contributed by atoms with van der Waals surface area (Å²) in [7, 11) is -4.92. The maximum Gasteiger partial charge on any atom is 0.215 e. The van der Waals surface area contributed by atoms with Gasteiger partial charge in [0, 0.05) is 0 Å². The maximum atomic E-state index is 8.63. The second-order valence-corrected chi connectivity index (χ2v) is 1.28. The first-order valence-electron chi connectivity index (χ1n) is 0.683. The van der Waals surface area contributed by atoms with Crippen LogP contribution in [0, 0.1) is 12.4 Å². The molecule has 0 aromatic rings. The Morgan fingerprint density at radius 2 is 1.50 bits per heavy atom. The van der Waals surface area contributed by atoms with Crippen LogP contribution in [0.1, 0.15) is 0 Å². The van der Waals surface area contributed by atoms with E-state index in [1.807, 2.05) is 0 Å². The number of halogens is 1. The molecule has 0 spiro atoms. The average molecular weight is 135 g/mol. The van der Waals surface area contributed by atoms with Crippen LogP contribution in [-0.4, -0.2) is 17.5 Å². The largest absolute Gasteiger partial charge is 0.726 e. The van der Waals surface area contributed by atoms with Crippen molar-refractivity contribution in [2.24, 2.45) is 0 Å². The highest BCUT2D eigenvalue weighted by atomic mass is 35.5. The highest BCUT2D eigenvalue weighted by molar-refractivity contribution is 7.79. The Hall–Kier alpha value is 0.160. The molecule has 0 aliphatic carbocycles. The van der Waals surface area contributed by atoms with Gasteiger partial charge in [0.05, 0.1) is 12.4 Å². The van der Waals surface area contributed by atoms with Gasteiger partial charge >= 0.3 is 0 Å². The van der Waals surface area contributed by atoms with Crippen molar-refractivity contribution in [3.63, 3.8) is 0 Å². The van der Waals surface area contributed by atoms with E-state index in [0.29, 0.717) is 0 Å². The van der Waals surface area contributed by atoms with Gasteiger partial charge < -0.3 is 4.55 Å². The van der Waals surface area contributed by atoms with E-state index in [1.165, 1.54) is 0 Å². The van der Waals surface area contributed by atoms with Crippen molar-refractivity contribution in [3.8, 4) is 0 Å². The molecule has 0 saturated heterocycles. The third kappa shape index (κ3) is 1620. The van der Waals surface area contributed by atoms with Crippen LogP contribution >= 0.6 is 0 Å². The average Bonchev–Trinajstić information content (AvgIpc) is 0.722. The zero-order valence-corrected chi connectivity index (χ0v) is 4.24. The van der Waals surface area contributed by atoms with Crippen LogP contribution in [0.5, 0.6) is 0 Å². The lowest BCUT2D eigenvalue weighted by Gasteiger charge is -1.88. The first kappa shape index (κ1) is 9.48. The second kappa shape index (κ2) is 2.35. The van der Waals surface area contributed by atoms with E-state index in [4.69, 9.17) is 17.5 Å². The van der Waals surface area contributed by atoms with Crippen molar-refractivity contribution < 1.29 is 29.9 Å². The molecular formula is H3ClO4S. The maximum absolute atomic E-state index is 8.63. The molecule has 0 heterocycles. The second-order valence-electron chi connectivity index (χ2n) is 0.428. The van der Waals surface area contributed by atoms with E-state index in [1.54, 1.807) is 0 Å². The SMILES string of the molecule is O=S(=O)([O-])O.[ClH2+]. The van der Waals surface area contributed by atoms with Crippen LogP contribution in [0.2, 0.25) is 0 Å². The van der Waals surface area contributed by atoms with Gasteiger partial charge in [-0.3, -0.25) is 4.55 Å². The van der Waals surface area contributed by atoms with Crippen LogP contribution in [0.3, 0.4) is 0 Å². The van der Waals surface area contributed by atoms with Crippen molar-refractivity contribution >= 4 is 10.4 Å². The third-order valence-electron chi connectivity index (χ3n) is 0. The molecule has 0 aliphatic rings. The number of hydrogen-bond acceptors (Lipinski definition) is 3. The van der Waals surface area contributed by atoms with Gasteiger partial charge in [0.15, 0.2) is 0 Å². The van der Waals surface area contributed by atoms with Crippen molar-refractivity contribution in [2.45, 2.75) is 0 Å². The van der Waals surface area contributed by atoms with Gasteiger partial charge in [-0.05, 0) is 0 Å². The Balaban J connectivity index is 0. The molecular weight excluding hydrogens is 132 g/mol. The molecule has 6 heteroatoms. The Morgan fingerprint density at radius 1 is 1.50 bits per heavy atom. The predicted octanol–water partition coefficient (Wildman–Crippen LogP) is -1.53. The molecule has 6 heavy (non-hydrogen) atoms. The van der Waals surface area contributed by atoms with Gasteiger partial charge in [-0.25, -0.2) is 8.42 Å². The van der Waals surface area contributed by atoms with E-state index in [9.17, 15) is 0 Å². The molecule has 0 atom stereocenters. The normalized spacial score (nSPS) is 9.67. The summed E-state index contributed by atoms with van der Waals surface area (Å²) in [6, 6.07) is 0. The summed E-state index contributed by atoms with van der Waals surface area (Å²) in [5.74, 6) is 0. The minimum absolute atomic E-state index is 0. The van der Waals surface area contributed by atoms with Crippen molar-refractivity contribution in [3.05, 3.63) is 0 Å². The lowest BCUT2D eigenvalue weighted by atomic mass is 15.8. The molecule has 4 nitrogen and oxygen atoms in total. The van der Waals surface area contributed by atoms with Crippen molar-refractivity contribution in [1.82, 2.24) is 0 Å². The van der Waals surface area contributed by atoms with Crippen LogP contribution in [0.25, 0.3) is 0 Å². The summed E-state index contributed by atoms with van der Waals surface area (Å²) in [6.07, 6.45) is 0. The Kier molecular flexibility index (Phi) is 3.72. The monoisotopic (exact) mass is 134 g/mol. The van der Waals surface area contributed by atoms with Gasteiger partial charge in [0.2, 0.25) is 10.4 Å². The van der Waals surface area contributed by atoms with Gasteiger partial charge in [0.1, 0.15) is 0 Å². The Morgan fingerprint density at radius 3 is 1.50 bits per heavy atom. The van der Waals surface area contributed by atoms with E-state index < -0.39 is 10.4 Å². The van der Waals surface area contributed by atoms with Gasteiger partial charge in [-0.15, -0.1) is 0 Å². The summed E-state index contributed by atoms with van der Waals surface area (Å²) in [4.78, 5) is 0. The fourth-order valence-electron chi connectivity index (χ4n) is 0. The molecule has 1 N–H and O–H groups in total. The molecule has 0 aromatic heterocycles. The fraction of sp³-hybridized carbons (Fsp3) is 0. The van der Waals surface area contributed by atoms with Crippen LogP contribution < -0.4 is 0 Å². The standard InChI is InChI=1S/ClH2.H2O4S/c;1-5(2,3)4/h1H2;(H2,1,2,3,4)/q+1;/p-1. The zero-order valence-electron chi connectivity index (χ0n) is 2.53. The predicted molar refractivity (Wildman–Crippen MR) is 15.1 cm³/mol. The van der Waals surface area contributed by atoms with E-state index in [-0.39, 0.29) is 12.4 Å². The molecule has 0 saturated carbocycles. The van der Waals surface area contributed by atoms with E-state index in [2.05, 4.69) is 0 Å². The first-order chi connectivity index (χ1) is 2.00. The summed E-state index contributed by atoms with van der Waals surface area (Å²) in [5, 5.41) is 0. The quantitative estimate of drug-likeness (QED) is 0.322. The van der Waals surface area contributed by atoms with Crippen molar-refractivity contribution in [1.29, 1.82) is 0 Å². The summed E-state index contributed by atoms with van der Waals surface area (Å²) in [6.45, 7) is 0. The Labute approximate surface area is 41.2 Å². The highest BCUT2D eigenvalue weighted by Gasteiger charge is 1.67. The summed E-state index contributed by atoms with van der Waals surface area (Å²) < 4.78 is 32.8. The molecule has 0 amide bonds. The van der Waals surface area contributed by atoms with Crippen molar-refractivity contribution in [2.75, 3.05) is 0 Å². The fourth-order valence-corrected chi connectivity index (χ4v) is 0. The molecule has 0 rings (SSSR count). The smallest absolute Gasteiger partial charge is 0.215 e. The van der Waals surface area contributed by atoms with E-state index in [0.717, 1.165) is 0 Å². The molecule has 0 aromatic carbocycles. The minimum Gasteiger partial charge on any atom is -0.726 e. The molecule has 0 unspecified atom stereocenters. The van der Waals surface area contributed by atoms with Crippen LogP contribution in [-0.2, 0) is 10.4 Å².